The van der Waals surface area contributed by atoms with Crippen molar-refractivity contribution in [2.24, 2.45) is 0 Å². The Balaban J connectivity index is 0.000000290. The van der Waals surface area contributed by atoms with Gasteiger partial charge in [0.15, 0.2) is 1.41 Å². The Bertz CT molecular complexity index is 2830. The van der Waals surface area contributed by atoms with E-state index in [-0.39, 0.29) is 0 Å². The third kappa shape index (κ3) is 8.54. The molecule has 0 bridgehead atoms. The quantitative estimate of drug-likeness (QED) is 0.123. The molecule has 0 aliphatic carbocycles. The van der Waals surface area contributed by atoms with Gasteiger partial charge in [-0.1, -0.05) is 152 Å². The van der Waals surface area contributed by atoms with E-state index in [1.165, 1.54) is 49.3 Å². The summed E-state index contributed by atoms with van der Waals surface area (Å²) >= 11 is 1.47. The molecule has 0 amide bonds. The molecule has 5 nitrogen and oxygen atoms in total. The van der Waals surface area contributed by atoms with Crippen LogP contribution in [0.25, 0.3) is 43.6 Å². The van der Waals surface area contributed by atoms with Crippen LogP contribution in [0.4, 0.5) is 34.1 Å². The van der Waals surface area contributed by atoms with Gasteiger partial charge >= 0.3 is 16.6 Å². The Labute approximate surface area is 363 Å². The molecule has 10 rings (SSSR count). The summed E-state index contributed by atoms with van der Waals surface area (Å²) in [5.74, 6) is 0.839. The third-order valence-corrected chi connectivity index (χ3v) is 10.7. The van der Waals surface area contributed by atoms with Crippen LogP contribution in [0.2, 0.25) is 1.41 Å². The van der Waals surface area contributed by atoms with Gasteiger partial charge < -0.3 is 13.6 Å². The molecule has 9 aromatic carbocycles. The second-order valence-electron chi connectivity index (χ2n) is 13.9. The van der Waals surface area contributed by atoms with Gasteiger partial charge in [-0.3, -0.25) is 10.1 Å². The fourth-order valence-corrected chi connectivity index (χ4v) is 7.85. The Morgan fingerprint density at radius 3 is 1.30 bits per heavy atom. The van der Waals surface area contributed by atoms with Crippen LogP contribution in [0, 0.1) is 5.15 Å². The molecule has 1 N–H and O–H groups in total. The molecule has 1 aromatic heterocycles. The normalized spacial score (nSPS) is 10.7. The first-order valence-corrected chi connectivity index (χ1v) is 20.6. The predicted octanol–water partition coefficient (Wildman–Crippen LogP) is 14.9. The lowest BCUT2D eigenvalue weighted by molar-refractivity contribution is 0.622. The van der Waals surface area contributed by atoms with Crippen molar-refractivity contribution in [3.05, 3.63) is 231 Å². The minimum Gasteiger partial charge on any atom is -0.649 e. The monoisotopic (exact) mass is 808 g/mol. The minimum atomic E-state index is 0.839. The Kier molecular flexibility index (Phi) is 12.3. The van der Waals surface area contributed by atoms with Gasteiger partial charge in [0.05, 0.1) is 11.4 Å². The standard InChI is InChI=1S/C44H32N2.C9H7NO.Al.H2NP.H/c1-3-17-37(18-4-1)45(43-23-11-15-35-13-7-9-21-41(35)43)39-29-25-33(26-30-39)34-27-31-40(32-28-34)46(38-19-5-2-6-20-38)44-24-12-16-36-14-8-10-22-42(36)44;11-8-5-1-3-7-4-2-6-10-9(7)8;;1-2;/h1-32H;1-6,11H;;1-2H;/q;;+1;;/p-1/i/hD. The number of nitrogens with zero attached hydrogens (tertiary/aromatic N) is 3. The second-order valence-corrected chi connectivity index (χ2v) is 14.2. The smallest absolute Gasteiger partial charge is 0.494 e. The highest BCUT2D eigenvalue weighted by atomic mass is 31.0. The van der Waals surface area contributed by atoms with Crippen LogP contribution in [0.15, 0.2) is 231 Å². The molecule has 10 aromatic rings. The first kappa shape index (κ1) is 38.5. The van der Waals surface area contributed by atoms with E-state index in [0.29, 0.717) is 0 Å². The maximum Gasteiger partial charge on any atom is 0.494 e. The van der Waals surface area contributed by atoms with E-state index in [1.807, 2.05) is 30.3 Å². The van der Waals surface area contributed by atoms with Gasteiger partial charge in [-0.15, -0.1) is 0 Å². The Morgan fingerprint density at radius 2 is 0.817 bits per heavy atom. The molecule has 0 spiro atoms. The number of aromatic nitrogens is 1. The van der Waals surface area contributed by atoms with Gasteiger partial charge in [-0.05, 0) is 104 Å². The molecule has 0 fully saturated rings. The molecule has 1 heterocycles. The predicted molar refractivity (Wildman–Crippen MR) is 257 cm³/mol. The lowest BCUT2D eigenvalue weighted by Gasteiger charge is -2.27. The summed E-state index contributed by atoms with van der Waals surface area (Å²) in [5, 5.41) is 8.57. The molecule has 1 radical (unpaired) electrons. The van der Waals surface area contributed by atoms with Crippen LogP contribution in [-0.2, 0) is 0 Å². The van der Waals surface area contributed by atoms with Crippen LogP contribution in [-0.4, -0.2) is 21.6 Å². The molecule has 7 heteroatoms. The number of pyridine rings is 1. The molecular weight excluding hydrogens is 767 g/mol. The lowest BCUT2D eigenvalue weighted by atomic mass is 10.0. The van der Waals surface area contributed by atoms with E-state index in [1.54, 1.807) is 6.20 Å². The van der Waals surface area contributed by atoms with Crippen LogP contribution in [0.1, 0.15) is 0 Å². The van der Waals surface area contributed by atoms with Crippen LogP contribution >= 0.6 is 9.03 Å². The molecule has 0 aliphatic heterocycles. The van der Waals surface area contributed by atoms with Gasteiger partial charge in [0.1, 0.15) is 11.3 Å². The number of rotatable bonds is 8. The van der Waals surface area contributed by atoms with E-state index < -0.39 is 0 Å². The van der Waals surface area contributed by atoms with Crippen LogP contribution < -0.4 is 13.6 Å². The zero-order chi connectivity index (χ0) is 41.8. The number of anilines is 6. The van der Waals surface area contributed by atoms with Gasteiger partial charge in [-0.25, -0.2) is 0 Å². The number of fused-ring (bicyclic) bond motifs is 3. The van der Waals surface area contributed by atoms with Crippen molar-refractivity contribution < 1.29 is 5.20 Å². The zero-order valence-electron chi connectivity index (χ0n) is 33.8. The molecule has 60 heavy (non-hydrogen) atoms. The first-order valence-electron chi connectivity index (χ1n) is 20.0. The van der Waals surface area contributed by atoms with E-state index in [9.17, 15) is 0 Å². The van der Waals surface area contributed by atoms with E-state index >= 15 is 0 Å². The van der Waals surface area contributed by atoms with E-state index in [4.69, 9.17) is 5.20 Å². The van der Waals surface area contributed by atoms with Crippen LogP contribution in [0.5, 0.6) is 5.75 Å². The maximum atomic E-state index is 5.75. The lowest BCUT2D eigenvalue weighted by Crippen LogP contribution is -2.10. The highest BCUT2D eigenvalue weighted by molar-refractivity contribution is 7.02. The first-order chi connectivity index (χ1) is 30.2. The van der Waals surface area contributed by atoms with E-state index in [2.05, 4.69) is 223 Å². The van der Waals surface area contributed by atoms with Crippen molar-refractivity contribution >= 4 is 92.2 Å². The maximum absolute atomic E-state index is 5.75. The summed E-state index contributed by atoms with van der Waals surface area (Å²) in [4.78, 5) is 8.92. The average Bonchev–Trinajstić information content (AvgIpc) is 3.33. The average molecular weight is 809 g/mol. The molecule has 0 atom stereocenters. The van der Waals surface area contributed by atoms with E-state index in [0.717, 1.165) is 50.8 Å². The Morgan fingerprint density at radius 1 is 0.433 bits per heavy atom. The number of hydrogen-bond donors (Lipinski definition) is 1. The largest absolute Gasteiger partial charge is 0.649 e. The molecule has 0 unspecified atom stereocenters. The fraction of sp³-hybridized carbons (Fsp3) is 0. The number of benzene rings is 9. The summed E-state index contributed by atoms with van der Waals surface area (Å²) in [7, 11) is 2.48. The van der Waals surface area contributed by atoms with Gasteiger partial charge in [0.2, 0.25) is 0 Å². The summed E-state index contributed by atoms with van der Waals surface area (Å²) in [6, 6.07) is 79.1. The van der Waals surface area contributed by atoms with Crippen molar-refractivity contribution in [1.82, 2.24) is 4.98 Å². The number of para-hydroxylation sites is 3. The minimum absolute atomic E-state index is 0.839. The second kappa shape index (κ2) is 19.1. The Hall–Kier alpha value is -7.06. The van der Waals surface area contributed by atoms with Crippen molar-refractivity contribution in [3.8, 4) is 16.9 Å². The molecular formula is C53H41AlN4OP. The number of hydrogen-bond acceptors (Lipinski definition) is 5. The third-order valence-electron chi connectivity index (χ3n) is 10.4. The topological polar surface area (TPSA) is 52.5 Å². The van der Waals surface area contributed by atoms with Crippen molar-refractivity contribution in [1.29, 1.82) is 5.15 Å². The SMILES string of the molecule is [2H]N=P.[AlH][O]c1cccc2cccnc12.c1ccc(N(c2ccc(-c3ccc(N(c4ccccc4)c4cccc5ccccc45)cc3)cc2)c2cccc3ccccc23)cc1. The highest BCUT2D eigenvalue weighted by Gasteiger charge is 2.17. The van der Waals surface area contributed by atoms with Gasteiger partial charge in [0.25, 0.3) is 0 Å². The van der Waals surface area contributed by atoms with Gasteiger partial charge in [0, 0.05) is 45.1 Å². The summed E-state index contributed by atoms with van der Waals surface area (Å²) < 4.78 is 10.9. The fourth-order valence-electron chi connectivity index (χ4n) is 7.61. The summed E-state index contributed by atoms with van der Waals surface area (Å²) in [5.41, 5.74) is 10.1. The van der Waals surface area contributed by atoms with Crippen molar-refractivity contribution in [2.75, 3.05) is 9.80 Å². The molecule has 0 saturated heterocycles. The van der Waals surface area contributed by atoms with Crippen molar-refractivity contribution in [3.63, 3.8) is 0 Å². The molecule has 0 aliphatic rings. The van der Waals surface area contributed by atoms with Crippen LogP contribution in [0.3, 0.4) is 0 Å². The summed E-state index contributed by atoms with van der Waals surface area (Å²) in [6.07, 6.45) is 1.77. The van der Waals surface area contributed by atoms with Gasteiger partial charge in [-0.2, -0.15) is 0 Å². The van der Waals surface area contributed by atoms with Crippen molar-refractivity contribution in [2.45, 2.75) is 0 Å². The molecule has 0 saturated carbocycles. The molecule has 287 valence electrons. The number of nitrogens with one attached hydrogen (secondary N) is 1. The summed E-state index contributed by atoms with van der Waals surface area (Å²) in [6.45, 7) is 0. The zero-order valence-corrected chi connectivity index (χ0v) is 35.3. The highest BCUT2D eigenvalue weighted by Crippen LogP contribution is 2.41.